The van der Waals surface area contributed by atoms with Crippen molar-refractivity contribution in [3.8, 4) is 5.69 Å². The lowest BCUT2D eigenvalue weighted by molar-refractivity contribution is 0.598. The van der Waals surface area contributed by atoms with Gasteiger partial charge in [0, 0.05) is 0 Å². The van der Waals surface area contributed by atoms with Gasteiger partial charge < -0.3 is 0 Å². The Labute approximate surface area is 146 Å². The number of nitrogens with zero attached hydrogens (tertiary/aromatic N) is 2. The summed E-state index contributed by atoms with van der Waals surface area (Å²) >= 11 is 0. The number of nitrogens with one attached hydrogen (secondary N) is 1. The zero-order chi connectivity index (χ0) is 18.2. The third kappa shape index (κ3) is 3.28. The Morgan fingerprint density at radius 2 is 1.72 bits per heavy atom. The summed E-state index contributed by atoms with van der Waals surface area (Å²) in [4.78, 5) is 0.0418. The molecule has 0 atom stereocenters. The summed E-state index contributed by atoms with van der Waals surface area (Å²) in [6, 6.07) is 13.0. The second-order valence-corrected chi connectivity index (χ2v) is 7.46. The molecule has 0 fully saturated rings. The van der Waals surface area contributed by atoms with Gasteiger partial charge in [0.1, 0.15) is 5.82 Å². The van der Waals surface area contributed by atoms with Crippen LogP contribution in [0.5, 0.6) is 0 Å². The predicted molar refractivity (Wildman–Crippen MR) is 95.0 cm³/mol. The van der Waals surface area contributed by atoms with E-state index in [0.29, 0.717) is 22.6 Å². The summed E-state index contributed by atoms with van der Waals surface area (Å²) in [6.07, 6.45) is 0. The number of aryl methyl sites for hydroxylation is 2. The fraction of sp³-hybridized carbons (Fsp3) is 0.167. The van der Waals surface area contributed by atoms with Crippen molar-refractivity contribution in [2.24, 2.45) is 0 Å². The predicted octanol–water partition coefficient (Wildman–Crippen LogP) is 3.74. The first-order chi connectivity index (χ1) is 11.8. The molecule has 0 aliphatic heterocycles. The normalized spacial score (nSPS) is 11.5. The first kappa shape index (κ1) is 17.2. The van der Waals surface area contributed by atoms with Crippen LogP contribution in [0.2, 0.25) is 0 Å². The van der Waals surface area contributed by atoms with Gasteiger partial charge in [0.05, 0.1) is 27.7 Å². The number of aromatic nitrogens is 2. The molecule has 5 nitrogen and oxygen atoms in total. The Morgan fingerprint density at radius 3 is 2.36 bits per heavy atom. The molecule has 3 rings (SSSR count). The summed E-state index contributed by atoms with van der Waals surface area (Å²) < 4.78 is 43.0. The molecule has 25 heavy (non-hydrogen) atoms. The second-order valence-electron chi connectivity index (χ2n) is 5.81. The van der Waals surface area contributed by atoms with Gasteiger partial charge in [0.15, 0.2) is 0 Å². The monoisotopic (exact) mass is 359 g/mol. The molecule has 2 aromatic carbocycles. The van der Waals surface area contributed by atoms with Crippen molar-refractivity contribution < 1.29 is 12.8 Å². The van der Waals surface area contributed by atoms with Crippen LogP contribution in [0, 0.1) is 26.6 Å². The molecule has 3 aromatic rings. The first-order valence-electron chi connectivity index (χ1n) is 7.70. The van der Waals surface area contributed by atoms with Crippen LogP contribution >= 0.6 is 0 Å². The Kier molecular flexibility index (Phi) is 4.34. The average Bonchev–Trinajstić information content (AvgIpc) is 2.83. The molecule has 0 amide bonds. The molecule has 1 aromatic heterocycles. The van der Waals surface area contributed by atoms with E-state index in [9.17, 15) is 12.8 Å². The van der Waals surface area contributed by atoms with E-state index in [1.807, 2.05) is 30.3 Å². The minimum atomic E-state index is -3.84. The highest BCUT2D eigenvalue weighted by atomic mass is 32.2. The fourth-order valence-corrected chi connectivity index (χ4v) is 4.12. The summed E-state index contributed by atoms with van der Waals surface area (Å²) in [7, 11) is -3.84. The van der Waals surface area contributed by atoms with Crippen LogP contribution in [0.25, 0.3) is 5.69 Å². The number of anilines is 1. The number of hydrogen-bond donors (Lipinski definition) is 1. The maximum absolute atomic E-state index is 13.3. The van der Waals surface area contributed by atoms with Crippen molar-refractivity contribution in [2.75, 3.05) is 4.72 Å². The van der Waals surface area contributed by atoms with Crippen molar-refractivity contribution >= 4 is 15.7 Å². The van der Waals surface area contributed by atoms with Crippen molar-refractivity contribution in [3.63, 3.8) is 0 Å². The number of hydrogen-bond acceptors (Lipinski definition) is 3. The molecule has 0 radical (unpaired) electrons. The summed E-state index contributed by atoms with van der Waals surface area (Å²) in [5, 5.41) is 4.42. The third-order valence-corrected chi connectivity index (χ3v) is 5.46. The smallest absolute Gasteiger partial charge is 0.262 e. The van der Waals surface area contributed by atoms with Crippen molar-refractivity contribution in [1.29, 1.82) is 0 Å². The molecule has 0 saturated carbocycles. The Morgan fingerprint density at radius 1 is 1.04 bits per heavy atom. The van der Waals surface area contributed by atoms with Crippen molar-refractivity contribution in [3.05, 3.63) is 71.3 Å². The summed E-state index contributed by atoms with van der Waals surface area (Å²) in [5.74, 6) is -0.472. The zero-order valence-corrected chi connectivity index (χ0v) is 14.9. The largest absolute Gasteiger partial charge is 0.276 e. The SMILES string of the molecule is Cc1cc(F)ccc1S(=O)(=O)Nc1c(C)nn(-c2ccccc2)c1C. The summed E-state index contributed by atoms with van der Waals surface area (Å²) in [5.41, 5.74) is 2.84. The second kappa shape index (κ2) is 6.33. The van der Waals surface area contributed by atoms with E-state index in [2.05, 4.69) is 9.82 Å². The molecule has 0 unspecified atom stereocenters. The molecule has 1 N–H and O–H groups in total. The number of sulfonamides is 1. The van der Waals surface area contributed by atoms with E-state index in [4.69, 9.17) is 0 Å². The highest BCUT2D eigenvalue weighted by molar-refractivity contribution is 7.92. The standard InChI is InChI=1S/C18H18FN3O2S/c1-12-11-15(19)9-10-17(12)25(23,24)21-18-13(2)20-22(14(18)3)16-7-5-4-6-8-16/h4-11,21H,1-3H3. The van der Waals surface area contributed by atoms with Gasteiger partial charge in [-0.2, -0.15) is 5.10 Å². The molecule has 0 aliphatic carbocycles. The van der Waals surface area contributed by atoms with Crippen LogP contribution in [0.15, 0.2) is 53.4 Å². The zero-order valence-electron chi connectivity index (χ0n) is 14.1. The number of para-hydroxylation sites is 1. The van der Waals surface area contributed by atoms with Gasteiger partial charge in [-0.1, -0.05) is 18.2 Å². The maximum Gasteiger partial charge on any atom is 0.262 e. The third-order valence-electron chi connectivity index (χ3n) is 3.95. The van der Waals surface area contributed by atoms with Gasteiger partial charge in [0.25, 0.3) is 10.0 Å². The molecule has 7 heteroatoms. The van der Waals surface area contributed by atoms with Crippen molar-refractivity contribution in [1.82, 2.24) is 9.78 Å². The minimum Gasteiger partial charge on any atom is -0.276 e. The van der Waals surface area contributed by atoms with Gasteiger partial charge in [0.2, 0.25) is 0 Å². The molecule has 0 spiro atoms. The fourth-order valence-electron chi connectivity index (χ4n) is 2.71. The first-order valence-corrected chi connectivity index (χ1v) is 9.18. The van der Waals surface area contributed by atoms with Gasteiger partial charge >= 0.3 is 0 Å². The molecular weight excluding hydrogens is 341 g/mol. The lowest BCUT2D eigenvalue weighted by atomic mass is 10.2. The van der Waals surface area contributed by atoms with Crippen LogP contribution in [0.3, 0.4) is 0 Å². The van der Waals surface area contributed by atoms with Gasteiger partial charge in [-0.3, -0.25) is 4.72 Å². The quantitative estimate of drug-likeness (QED) is 0.772. The van der Waals surface area contributed by atoms with Crippen LogP contribution in [-0.2, 0) is 10.0 Å². The Balaban J connectivity index is 2.02. The molecule has 0 aliphatic rings. The van der Waals surface area contributed by atoms with E-state index < -0.39 is 15.8 Å². The topological polar surface area (TPSA) is 64.0 Å². The molecule has 130 valence electrons. The minimum absolute atomic E-state index is 0.0418. The van der Waals surface area contributed by atoms with Crippen molar-refractivity contribution in [2.45, 2.75) is 25.7 Å². The number of benzene rings is 2. The highest BCUT2D eigenvalue weighted by Gasteiger charge is 2.22. The molecule has 1 heterocycles. The lowest BCUT2D eigenvalue weighted by Crippen LogP contribution is -2.15. The van der Waals surface area contributed by atoms with E-state index in [1.165, 1.54) is 12.1 Å². The van der Waals surface area contributed by atoms with E-state index in [1.54, 1.807) is 25.5 Å². The van der Waals surface area contributed by atoms with Gasteiger partial charge in [-0.15, -0.1) is 0 Å². The highest BCUT2D eigenvalue weighted by Crippen LogP contribution is 2.26. The van der Waals surface area contributed by atoms with Crippen LogP contribution < -0.4 is 4.72 Å². The molecule has 0 bridgehead atoms. The molecular formula is C18H18FN3O2S. The average molecular weight is 359 g/mol. The van der Waals surface area contributed by atoms with Gasteiger partial charge in [-0.25, -0.2) is 17.5 Å². The van der Waals surface area contributed by atoms with Crippen LogP contribution in [-0.4, -0.2) is 18.2 Å². The van der Waals surface area contributed by atoms with E-state index in [-0.39, 0.29) is 4.90 Å². The molecule has 0 saturated heterocycles. The Bertz CT molecular complexity index is 1030. The van der Waals surface area contributed by atoms with Gasteiger partial charge in [-0.05, 0) is 56.7 Å². The maximum atomic E-state index is 13.3. The Hall–Kier alpha value is -2.67. The number of rotatable bonds is 4. The van der Waals surface area contributed by atoms with E-state index >= 15 is 0 Å². The van der Waals surface area contributed by atoms with Crippen LogP contribution in [0.4, 0.5) is 10.1 Å². The van der Waals surface area contributed by atoms with E-state index in [0.717, 1.165) is 11.8 Å². The van der Waals surface area contributed by atoms with Crippen LogP contribution in [0.1, 0.15) is 17.0 Å². The lowest BCUT2D eigenvalue weighted by Gasteiger charge is -2.11. The number of halogens is 1. The summed E-state index contributed by atoms with van der Waals surface area (Å²) in [6.45, 7) is 5.09.